The number of aryl methyl sites for hydroxylation is 1. The van der Waals surface area contributed by atoms with Crippen molar-refractivity contribution in [3.63, 3.8) is 0 Å². The minimum atomic E-state index is -0.0234. The van der Waals surface area contributed by atoms with Crippen LogP contribution in [0.15, 0.2) is 28.8 Å². The molecule has 5 heteroatoms. The largest absolute Gasteiger partial charge is 0.352 e. The van der Waals surface area contributed by atoms with Crippen LogP contribution in [0.25, 0.3) is 11.5 Å². The van der Waals surface area contributed by atoms with Gasteiger partial charge in [-0.2, -0.15) is 4.98 Å². The molecule has 0 atom stereocenters. The summed E-state index contributed by atoms with van der Waals surface area (Å²) in [4.78, 5) is 16.3. The number of rotatable bonds is 6. The molecule has 0 aliphatic heterocycles. The van der Waals surface area contributed by atoms with Crippen LogP contribution in [0.5, 0.6) is 0 Å². The molecule has 0 bridgehead atoms. The highest BCUT2D eigenvalue weighted by Crippen LogP contribution is 2.28. The van der Waals surface area contributed by atoms with Crippen molar-refractivity contribution in [3.8, 4) is 11.5 Å². The summed E-state index contributed by atoms with van der Waals surface area (Å²) < 4.78 is 5.12. The number of nitrogens with zero attached hydrogens (tertiary/aromatic N) is 2. The van der Waals surface area contributed by atoms with E-state index in [1.54, 1.807) is 19.1 Å². The van der Waals surface area contributed by atoms with Gasteiger partial charge in [-0.05, 0) is 49.9 Å². The Bertz CT molecular complexity index is 643. The molecular formula is C18H23N3O2. The van der Waals surface area contributed by atoms with E-state index in [0.29, 0.717) is 17.3 Å². The van der Waals surface area contributed by atoms with Crippen LogP contribution >= 0.6 is 0 Å². The number of hydrogen-bond donors (Lipinski definition) is 1. The van der Waals surface area contributed by atoms with Gasteiger partial charge in [0.1, 0.15) is 0 Å². The van der Waals surface area contributed by atoms with E-state index in [2.05, 4.69) is 15.5 Å². The molecule has 1 amide bonds. The second-order valence-corrected chi connectivity index (χ2v) is 6.27. The maximum atomic E-state index is 12.1. The molecule has 3 rings (SSSR count). The van der Waals surface area contributed by atoms with Crippen LogP contribution in [0.3, 0.4) is 0 Å². The monoisotopic (exact) mass is 313 g/mol. The van der Waals surface area contributed by atoms with Crippen LogP contribution in [-0.2, 0) is 0 Å². The molecule has 122 valence electrons. The normalized spacial score (nSPS) is 15.0. The van der Waals surface area contributed by atoms with Gasteiger partial charge in [-0.3, -0.25) is 4.79 Å². The Morgan fingerprint density at radius 2 is 2.00 bits per heavy atom. The molecule has 2 aromatic rings. The summed E-state index contributed by atoms with van der Waals surface area (Å²) in [6.45, 7) is 2.53. The van der Waals surface area contributed by atoms with Gasteiger partial charge in [0, 0.05) is 17.7 Å². The van der Waals surface area contributed by atoms with E-state index in [9.17, 15) is 4.79 Å². The minimum absolute atomic E-state index is 0.0234. The smallest absolute Gasteiger partial charge is 0.257 e. The Labute approximate surface area is 136 Å². The van der Waals surface area contributed by atoms with Gasteiger partial charge in [0.25, 0.3) is 11.8 Å². The second kappa shape index (κ2) is 7.40. The van der Waals surface area contributed by atoms with Gasteiger partial charge in [0.15, 0.2) is 5.82 Å². The lowest BCUT2D eigenvalue weighted by Crippen LogP contribution is -2.24. The first-order valence-electron chi connectivity index (χ1n) is 8.41. The molecule has 1 aromatic heterocycles. The lowest BCUT2D eigenvalue weighted by molar-refractivity contribution is 0.0952. The van der Waals surface area contributed by atoms with Crippen LogP contribution in [-0.4, -0.2) is 22.6 Å². The van der Waals surface area contributed by atoms with Crippen molar-refractivity contribution in [2.45, 2.75) is 45.4 Å². The third kappa shape index (κ3) is 4.18. The highest BCUT2D eigenvalue weighted by Gasteiger charge is 2.14. The van der Waals surface area contributed by atoms with Gasteiger partial charge in [-0.25, -0.2) is 0 Å². The molecule has 1 aromatic carbocycles. The molecule has 1 aliphatic carbocycles. The highest BCUT2D eigenvalue weighted by atomic mass is 16.5. The maximum Gasteiger partial charge on any atom is 0.257 e. The molecule has 23 heavy (non-hydrogen) atoms. The van der Waals surface area contributed by atoms with E-state index in [-0.39, 0.29) is 5.91 Å². The van der Waals surface area contributed by atoms with Crippen molar-refractivity contribution in [2.24, 2.45) is 5.92 Å². The molecule has 1 aliphatic rings. The average molecular weight is 313 g/mol. The van der Waals surface area contributed by atoms with Gasteiger partial charge in [0.05, 0.1) is 0 Å². The first-order valence-corrected chi connectivity index (χ1v) is 8.41. The molecule has 1 saturated carbocycles. The number of amides is 1. The number of hydrogen-bond acceptors (Lipinski definition) is 4. The molecule has 0 unspecified atom stereocenters. The summed E-state index contributed by atoms with van der Waals surface area (Å²) >= 11 is 0. The SMILES string of the molecule is Cc1noc(-c2ccc(C(=O)NCCCC3CCCC3)cc2)n1. The predicted octanol–water partition coefficient (Wildman–Crippen LogP) is 3.75. The lowest BCUT2D eigenvalue weighted by atomic mass is 10.0. The highest BCUT2D eigenvalue weighted by molar-refractivity contribution is 5.94. The zero-order valence-electron chi connectivity index (χ0n) is 13.5. The number of carbonyl (C=O) groups excluding carboxylic acids is 1. The van der Waals surface area contributed by atoms with Crippen molar-refractivity contribution in [3.05, 3.63) is 35.7 Å². The summed E-state index contributed by atoms with van der Waals surface area (Å²) in [5, 5.41) is 6.76. The van der Waals surface area contributed by atoms with Crippen molar-refractivity contribution < 1.29 is 9.32 Å². The van der Waals surface area contributed by atoms with Crippen LogP contribution in [0.2, 0.25) is 0 Å². The summed E-state index contributed by atoms with van der Waals surface area (Å²) in [6, 6.07) is 7.25. The predicted molar refractivity (Wildman–Crippen MR) is 88.0 cm³/mol. The Hall–Kier alpha value is -2.17. The zero-order valence-corrected chi connectivity index (χ0v) is 13.5. The maximum absolute atomic E-state index is 12.1. The van der Waals surface area contributed by atoms with Gasteiger partial charge < -0.3 is 9.84 Å². The fraction of sp³-hybridized carbons (Fsp3) is 0.500. The Morgan fingerprint density at radius 3 is 2.65 bits per heavy atom. The van der Waals surface area contributed by atoms with E-state index >= 15 is 0 Å². The third-order valence-electron chi connectivity index (χ3n) is 4.47. The second-order valence-electron chi connectivity index (χ2n) is 6.27. The minimum Gasteiger partial charge on any atom is -0.352 e. The topological polar surface area (TPSA) is 68.0 Å². The first-order chi connectivity index (χ1) is 11.2. The summed E-state index contributed by atoms with van der Waals surface area (Å²) in [5.74, 6) is 1.93. The fourth-order valence-corrected chi connectivity index (χ4v) is 3.17. The van der Waals surface area contributed by atoms with Gasteiger partial charge in [-0.15, -0.1) is 0 Å². The number of benzene rings is 1. The number of carbonyl (C=O) groups is 1. The van der Waals surface area contributed by atoms with Gasteiger partial charge >= 0.3 is 0 Å². The van der Waals surface area contributed by atoms with E-state index in [4.69, 9.17) is 4.52 Å². The van der Waals surface area contributed by atoms with Crippen molar-refractivity contribution in [2.75, 3.05) is 6.54 Å². The molecule has 1 fully saturated rings. The van der Waals surface area contributed by atoms with Crippen molar-refractivity contribution >= 4 is 5.91 Å². The van der Waals surface area contributed by atoms with Gasteiger partial charge in [-0.1, -0.05) is 30.8 Å². The first kappa shape index (κ1) is 15.7. The standard InChI is InChI=1S/C18H23N3O2/c1-13-20-18(23-21-13)16-10-8-15(9-11-16)17(22)19-12-4-7-14-5-2-3-6-14/h8-11,14H,2-7,12H2,1H3,(H,19,22). The number of nitrogens with one attached hydrogen (secondary N) is 1. The van der Waals surface area contributed by atoms with E-state index in [1.165, 1.54) is 32.1 Å². The Kier molecular flexibility index (Phi) is 5.05. The van der Waals surface area contributed by atoms with Crippen LogP contribution in [0, 0.1) is 12.8 Å². The molecule has 1 N–H and O–H groups in total. The molecule has 0 radical (unpaired) electrons. The Balaban J connectivity index is 1.47. The van der Waals surface area contributed by atoms with Crippen molar-refractivity contribution in [1.82, 2.24) is 15.5 Å². The van der Waals surface area contributed by atoms with E-state index < -0.39 is 0 Å². The molecule has 0 spiro atoms. The van der Waals surface area contributed by atoms with Gasteiger partial charge in [0.2, 0.25) is 0 Å². The Morgan fingerprint density at radius 1 is 1.26 bits per heavy atom. The summed E-state index contributed by atoms with van der Waals surface area (Å²) in [7, 11) is 0. The molecule has 0 saturated heterocycles. The molecule has 1 heterocycles. The van der Waals surface area contributed by atoms with E-state index in [1.807, 2.05) is 12.1 Å². The third-order valence-corrected chi connectivity index (χ3v) is 4.47. The summed E-state index contributed by atoms with van der Waals surface area (Å²) in [5.41, 5.74) is 1.48. The summed E-state index contributed by atoms with van der Waals surface area (Å²) in [6.07, 6.45) is 7.78. The van der Waals surface area contributed by atoms with E-state index in [0.717, 1.165) is 24.4 Å². The zero-order chi connectivity index (χ0) is 16.1. The van der Waals surface area contributed by atoms with Crippen LogP contribution in [0.1, 0.15) is 54.7 Å². The quantitative estimate of drug-likeness (QED) is 0.825. The van der Waals surface area contributed by atoms with Crippen molar-refractivity contribution in [1.29, 1.82) is 0 Å². The molecular weight excluding hydrogens is 290 g/mol. The van der Waals surface area contributed by atoms with Crippen LogP contribution in [0.4, 0.5) is 0 Å². The lowest BCUT2D eigenvalue weighted by Gasteiger charge is -2.09. The fourth-order valence-electron chi connectivity index (χ4n) is 3.17. The average Bonchev–Trinajstić information content (AvgIpc) is 3.23. The molecule has 5 nitrogen and oxygen atoms in total. The number of aromatic nitrogens is 2. The van der Waals surface area contributed by atoms with Crippen LogP contribution < -0.4 is 5.32 Å².